The van der Waals surface area contributed by atoms with E-state index in [0.29, 0.717) is 12.4 Å². The number of nitrogens with one attached hydrogen (secondary N) is 1. The maximum Gasteiger partial charge on any atom is 0.247 e. The average Bonchev–Trinajstić information content (AvgIpc) is 2.95. The van der Waals surface area contributed by atoms with E-state index in [4.69, 9.17) is 13.9 Å². The molecule has 0 radical (unpaired) electrons. The van der Waals surface area contributed by atoms with Gasteiger partial charge in [0.2, 0.25) is 12.3 Å². The van der Waals surface area contributed by atoms with E-state index in [1.165, 1.54) is 6.39 Å². The van der Waals surface area contributed by atoms with Gasteiger partial charge < -0.3 is 19.2 Å². The smallest absolute Gasteiger partial charge is 0.247 e. The minimum atomic E-state index is -0.269. The normalized spacial score (nSPS) is 10.9. The Kier molecular flexibility index (Phi) is 4.48. The minimum Gasteiger partial charge on any atom is -0.423 e. The summed E-state index contributed by atoms with van der Waals surface area (Å²) in [4.78, 5) is 0. The van der Waals surface area contributed by atoms with Gasteiger partial charge >= 0.3 is 0 Å². The summed E-state index contributed by atoms with van der Waals surface area (Å²) in [7, 11) is 3.22. The topological polar surface area (TPSA) is 69.4 Å². The number of anilines is 1. The maximum absolute atomic E-state index is 5.16. The molecule has 0 aliphatic heterocycles. The molecule has 0 bridgehead atoms. The Labute approximate surface area is 111 Å². The van der Waals surface area contributed by atoms with E-state index in [-0.39, 0.29) is 6.29 Å². The molecule has 0 atom stereocenters. The van der Waals surface area contributed by atoms with Gasteiger partial charge in [-0.05, 0) is 30.7 Å². The lowest BCUT2D eigenvalue weighted by atomic mass is 10.1. The van der Waals surface area contributed by atoms with E-state index in [0.717, 1.165) is 16.8 Å². The zero-order valence-corrected chi connectivity index (χ0v) is 11.2. The van der Waals surface area contributed by atoms with E-state index < -0.39 is 0 Å². The lowest BCUT2D eigenvalue weighted by Gasteiger charge is -2.16. The van der Waals surface area contributed by atoms with Gasteiger partial charge in [-0.25, -0.2) is 0 Å². The number of hydrogen-bond donors (Lipinski definition) is 1. The van der Waals surface area contributed by atoms with Crippen molar-refractivity contribution in [3.63, 3.8) is 0 Å². The molecule has 6 nitrogen and oxygen atoms in total. The lowest BCUT2D eigenvalue weighted by molar-refractivity contribution is -0.0914. The molecule has 0 saturated heterocycles. The number of methoxy groups -OCH3 is 2. The highest BCUT2D eigenvalue weighted by molar-refractivity contribution is 5.62. The summed E-state index contributed by atoms with van der Waals surface area (Å²) in [6.45, 7) is 2.59. The highest BCUT2D eigenvalue weighted by Gasteiger charge is 2.08. The van der Waals surface area contributed by atoms with E-state index in [9.17, 15) is 0 Å². The summed E-state index contributed by atoms with van der Waals surface area (Å²) < 4.78 is 15.4. The second kappa shape index (κ2) is 6.31. The van der Waals surface area contributed by atoms with Crippen LogP contribution in [0.25, 0.3) is 11.5 Å². The molecule has 2 rings (SSSR count). The van der Waals surface area contributed by atoms with Gasteiger partial charge in [-0.15, -0.1) is 10.2 Å². The third kappa shape index (κ3) is 3.30. The van der Waals surface area contributed by atoms with Gasteiger partial charge in [0.15, 0.2) is 6.29 Å². The van der Waals surface area contributed by atoms with Crippen molar-refractivity contribution in [3.8, 4) is 11.5 Å². The summed E-state index contributed by atoms with van der Waals surface area (Å²) in [5, 5.41) is 10.8. The molecular weight excluding hydrogens is 246 g/mol. The summed E-state index contributed by atoms with van der Waals surface area (Å²) >= 11 is 0. The fraction of sp³-hybridized carbons (Fsp3) is 0.385. The maximum atomic E-state index is 5.16. The minimum absolute atomic E-state index is 0.269. The molecule has 0 aliphatic rings. The number of ether oxygens (including phenoxy) is 2. The van der Waals surface area contributed by atoms with Gasteiger partial charge in [0.05, 0.1) is 6.54 Å². The van der Waals surface area contributed by atoms with Crippen LogP contribution in [-0.2, 0) is 9.47 Å². The van der Waals surface area contributed by atoms with Crippen molar-refractivity contribution in [3.05, 3.63) is 30.2 Å². The molecule has 0 amide bonds. The van der Waals surface area contributed by atoms with Crippen molar-refractivity contribution in [1.82, 2.24) is 10.2 Å². The first-order valence-corrected chi connectivity index (χ1v) is 5.91. The SMILES string of the molecule is COC(CNc1ccc(-c2nnco2)cc1C)OC. The summed E-state index contributed by atoms with van der Waals surface area (Å²) in [6, 6.07) is 5.89. The Morgan fingerprint density at radius 1 is 1.32 bits per heavy atom. The fourth-order valence-corrected chi connectivity index (χ4v) is 1.75. The van der Waals surface area contributed by atoms with Crippen molar-refractivity contribution in [2.75, 3.05) is 26.1 Å². The van der Waals surface area contributed by atoms with Gasteiger partial charge in [0.25, 0.3) is 0 Å². The van der Waals surface area contributed by atoms with Crippen molar-refractivity contribution < 1.29 is 13.9 Å². The summed E-state index contributed by atoms with van der Waals surface area (Å²) in [5.74, 6) is 0.515. The fourth-order valence-electron chi connectivity index (χ4n) is 1.75. The Morgan fingerprint density at radius 3 is 2.68 bits per heavy atom. The highest BCUT2D eigenvalue weighted by Crippen LogP contribution is 2.23. The Bertz CT molecular complexity index is 510. The first-order chi connectivity index (χ1) is 9.24. The van der Waals surface area contributed by atoms with Crippen LogP contribution < -0.4 is 5.32 Å². The van der Waals surface area contributed by atoms with Crippen LogP contribution in [0.4, 0.5) is 5.69 Å². The van der Waals surface area contributed by atoms with Crippen LogP contribution in [-0.4, -0.2) is 37.3 Å². The van der Waals surface area contributed by atoms with Crippen LogP contribution >= 0.6 is 0 Å². The molecule has 0 saturated carbocycles. The number of benzene rings is 1. The molecule has 1 N–H and O–H groups in total. The predicted molar refractivity (Wildman–Crippen MR) is 70.8 cm³/mol. The van der Waals surface area contributed by atoms with Gasteiger partial charge in [0.1, 0.15) is 0 Å². The summed E-state index contributed by atoms with van der Waals surface area (Å²) in [6.07, 6.45) is 1.05. The first kappa shape index (κ1) is 13.5. The van der Waals surface area contributed by atoms with Crippen molar-refractivity contribution in [2.45, 2.75) is 13.2 Å². The molecule has 0 unspecified atom stereocenters. The van der Waals surface area contributed by atoms with Gasteiger partial charge in [0, 0.05) is 25.5 Å². The van der Waals surface area contributed by atoms with Crippen molar-refractivity contribution in [2.24, 2.45) is 0 Å². The van der Waals surface area contributed by atoms with Crippen LogP contribution in [0, 0.1) is 6.92 Å². The zero-order valence-electron chi connectivity index (χ0n) is 11.2. The molecular formula is C13H17N3O3. The van der Waals surface area contributed by atoms with E-state index in [1.807, 2.05) is 25.1 Å². The van der Waals surface area contributed by atoms with Crippen molar-refractivity contribution in [1.29, 1.82) is 0 Å². The molecule has 0 aliphatic carbocycles. The van der Waals surface area contributed by atoms with E-state index >= 15 is 0 Å². The molecule has 0 spiro atoms. The second-order valence-electron chi connectivity index (χ2n) is 4.06. The Morgan fingerprint density at radius 2 is 2.11 bits per heavy atom. The van der Waals surface area contributed by atoms with Crippen LogP contribution in [0.15, 0.2) is 29.0 Å². The first-order valence-electron chi connectivity index (χ1n) is 5.91. The molecule has 1 heterocycles. The van der Waals surface area contributed by atoms with E-state index in [2.05, 4.69) is 15.5 Å². The number of rotatable bonds is 6. The molecule has 2 aromatic rings. The number of nitrogens with zero attached hydrogens (tertiary/aromatic N) is 2. The van der Waals surface area contributed by atoms with Gasteiger partial charge in [-0.2, -0.15) is 0 Å². The molecule has 6 heteroatoms. The zero-order chi connectivity index (χ0) is 13.7. The van der Waals surface area contributed by atoms with E-state index in [1.54, 1.807) is 14.2 Å². The number of hydrogen-bond acceptors (Lipinski definition) is 6. The summed E-state index contributed by atoms with van der Waals surface area (Å²) in [5.41, 5.74) is 3.00. The predicted octanol–water partition coefficient (Wildman–Crippen LogP) is 2.08. The molecule has 1 aromatic carbocycles. The average molecular weight is 263 g/mol. The highest BCUT2D eigenvalue weighted by atomic mass is 16.7. The monoisotopic (exact) mass is 263 g/mol. The number of aromatic nitrogens is 2. The Balaban J connectivity index is 2.07. The number of aryl methyl sites for hydroxylation is 1. The molecule has 19 heavy (non-hydrogen) atoms. The standard InChI is InChI=1S/C13H17N3O3/c1-9-6-10(13-16-15-8-19-13)4-5-11(9)14-7-12(17-2)18-3/h4-6,8,12,14H,7H2,1-3H3. The van der Waals surface area contributed by atoms with Gasteiger partial charge in [-0.3, -0.25) is 0 Å². The third-order valence-electron chi connectivity index (χ3n) is 2.82. The van der Waals surface area contributed by atoms with Crippen LogP contribution in [0.2, 0.25) is 0 Å². The van der Waals surface area contributed by atoms with Crippen molar-refractivity contribution >= 4 is 5.69 Å². The van der Waals surface area contributed by atoms with Crippen LogP contribution in [0.3, 0.4) is 0 Å². The quantitative estimate of drug-likeness (QED) is 0.805. The Hall–Kier alpha value is -1.92. The molecule has 0 fully saturated rings. The lowest BCUT2D eigenvalue weighted by Crippen LogP contribution is -2.23. The van der Waals surface area contributed by atoms with Crippen LogP contribution in [0.1, 0.15) is 5.56 Å². The third-order valence-corrected chi connectivity index (χ3v) is 2.82. The largest absolute Gasteiger partial charge is 0.423 e. The molecule has 1 aromatic heterocycles. The second-order valence-corrected chi connectivity index (χ2v) is 4.06. The molecule has 102 valence electrons. The van der Waals surface area contributed by atoms with Crippen LogP contribution in [0.5, 0.6) is 0 Å². The van der Waals surface area contributed by atoms with Gasteiger partial charge in [-0.1, -0.05) is 0 Å².